The molecule has 0 saturated carbocycles. The number of carbonyl (C=O) groups is 2. The Hall–Kier alpha value is -0.940. The fourth-order valence-electron chi connectivity index (χ4n) is 1.52. The fourth-order valence-corrected chi connectivity index (χ4v) is 1.52. The summed E-state index contributed by atoms with van der Waals surface area (Å²) >= 11 is 0. The molecule has 1 atom stereocenters. The largest absolute Gasteiger partial charge is 0.480 e. The quantitative estimate of drug-likeness (QED) is 0.593. The van der Waals surface area contributed by atoms with E-state index in [0.717, 1.165) is 6.29 Å². The summed E-state index contributed by atoms with van der Waals surface area (Å²) in [5.41, 5.74) is -0.782. The molecule has 1 fully saturated rings. The molecule has 74 valence electrons. The van der Waals surface area contributed by atoms with E-state index >= 15 is 0 Å². The Labute approximate surface area is 76.3 Å². The SMILES string of the molecule is COC1(C=O)CCN(CC(=O)O)C1. The molecular formula is C8H13NO4. The molecule has 1 rings (SSSR count). The Morgan fingerprint density at radius 2 is 2.46 bits per heavy atom. The summed E-state index contributed by atoms with van der Waals surface area (Å²) in [7, 11) is 1.47. The van der Waals surface area contributed by atoms with Gasteiger partial charge in [0.25, 0.3) is 0 Å². The Balaban J connectivity index is 2.51. The predicted octanol–water partition coefficient (Wildman–Crippen LogP) is -0.639. The van der Waals surface area contributed by atoms with Crippen molar-refractivity contribution in [3.8, 4) is 0 Å². The maximum Gasteiger partial charge on any atom is 0.317 e. The molecule has 0 aromatic rings. The molecule has 1 aliphatic rings. The monoisotopic (exact) mass is 187 g/mol. The first-order valence-corrected chi connectivity index (χ1v) is 4.07. The highest BCUT2D eigenvalue weighted by Crippen LogP contribution is 2.21. The lowest BCUT2D eigenvalue weighted by molar-refractivity contribution is -0.139. The molecule has 0 radical (unpaired) electrons. The van der Waals surface area contributed by atoms with Crippen LogP contribution in [0.1, 0.15) is 6.42 Å². The molecule has 0 bridgehead atoms. The number of rotatable bonds is 4. The topological polar surface area (TPSA) is 66.8 Å². The van der Waals surface area contributed by atoms with E-state index in [1.54, 1.807) is 4.90 Å². The van der Waals surface area contributed by atoms with Crippen molar-refractivity contribution in [2.45, 2.75) is 12.0 Å². The zero-order valence-corrected chi connectivity index (χ0v) is 7.52. The number of aldehydes is 1. The minimum absolute atomic E-state index is 0.0288. The molecule has 1 heterocycles. The number of likely N-dealkylation sites (tertiary alicyclic amines) is 1. The molecule has 0 amide bonds. The van der Waals surface area contributed by atoms with Gasteiger partial charge in [-0.3, -0.25) is 9.69 Å². The average Bonchev–Trinajstić information content (AvgIpc) is 2.48. The van der Waals surface area contributed by atoms with Gasteiger partial charge in [-0.1, -0.05) is 0 Å². The highest BCUT2D eigenvalue weighted by molar-refractivity contribution is 5.70. The second-order valence-corrected chi connectivity index (χ2v) is 3.24. The molecule has 5 heteroatoms. The molecule has 13 heavy (non-hydrogen) atoms. The van der Waals surface area contributed by atoms with Gasteiger partial charge < -0.3 is 14.6 Å². The van der Waals surface area contributed by atoms with E-state index in [1.807, 2.05) is 0 Å². The van der Waals surface area contributed by atoms with Crippen LogP contribution in [0, 0.1) is 0 Å². The summed E-state index contributed by atoms with van der Waals surface area (Å²) in [5.74, 6) is -0.877. The molecule has 5 nitrogen and oxygen atoms in total. The fraction of sp³-hybridized carbons (Fsp3) is 0.750. The second-order valence-electron chi connectivity index (χ2n) is 3.24. The normalized spacial score (nSPS) is 29.0. The van der Waals surface area contributed by atoms with Gasteiger partial charge in [0.2, 0.25) is 0 Å². The van der Waals surface area contributed by atoms with Gasteiger partial charge in [-0.2, -0.15) is 0 Å². The second kappa shape index (κ2) is 3.85. The number of carbonyl (C=O) groups excluding carboxylic acids is 1. The van der Waals surface area contributed by atoms with E-state index in [2.05, 4.69) is 0 Å². The minimum Gasteiger partial charge on any atom is -0.480 e. The Kier molecular flexibility index (Phi) is 3.00. The number of hydrogen-bond donors (Lipinski definition) is 1. The van der Waals surface area contributed by atoms with Crippen LogP contribution in [-0.4, -0.2) is 54.6 Å². The van der Waals surface area contributed by atoms with E-state index in [-0.39, 0.29) is 6.54 Å². The lowest BCUT2D eigenvalue weighted by Gasteiger charge is -2.20. The van der Waals surface area contributed by atoms with Gasteiger partial charge in [0.15, 0.2) is 6.29 Å². The summed E-state index contributed by atoms with van der Waals surface area (Å²) < 4.78 is 5.06. The Morgan fingerprint density at radius 1 is 1.77 bits per heavy atom. The first-order chi connectivity index (χ1) is 6.12. The number of carboxylic acid groups (broad SMARTS) is 1. The summed E-state index contributed by atoms with van der Waals surface area (Å²) in [5, 5.41) is 8.52. The maximum absolute atomic E-state index is 10.7. The maximum atomic E-state index is 10.7. The summed E-state index contributed by atoms with van der Waals surface area (Å²) in [4.78, 5) is 22.8. The van der Waals surface area contributed by atoms with Crippen LogP contribution in [0.15, 0.2) is 0 Å². The third-order valence-electron chi connectivity index (χ3n) is 2.32. The van der Waals surface area contributed by atoms with Crippen LogP contribution in [0.5, 0.6) is 0 Å². The van der Waals surface area contributed by atoms with Gasteiger partial charge in [-0.15, -0.1) is 0 Å². The van der Waals surface area contributed by atoms with Crippen molar-refractivity contribution in [2.75, 3.05) is 26.7 Å². The zero-order valence-electron chi connectivity index (χ0n) is 7.52. The van der Waals surface area contributed by atoms with E-state index in [1.165, 1.54) is 7.11 Å². The number of carboxylic acids is 1. The Bertz CT molecular complexity index is 218. The van der Waals surface area contributed by atoms with Crippen molar-refractivity contribution >= 4 is 12.3 Å². The average molecular weight is 187 g/mol. The van der Waals surface area contributed by atoms with Crippen LogP contribution >= 0.6 is 0 Å². The van der Waals surface area contributed by atoms with Crippen LogP contribution in [0.25, 0.3) is 0 Å². The molecule has 1 unspecified atom stereocenters. The van der Waals surface area contributed by atoms with E-state index in [0.29, 0.717) is 19.5 Å². The molecule has 0 aliphatic carbocycles. The molecule has 1 N–H and O–H groups in total. The van der Waals surface area contributed by atoms with Crippen molar-refractivity contribution in [3.05, 3.63) is 0 Å². The number of nitrogens with zero attached hydrogens (tertiary/aromatic N) is 1. The molecule has 0 aromatic heterocycles. The van der Waals surface area contributed by atoms with Crippen LogP contribution < -0.4 is 0 Å². The van der Waals surface area contributed by atoms with Gasteiger partial charge in [0.1, 0.15) is 5.60 Å². The van der Waals surface area contributed by atoms with Crippen LogP contribution in [0.3, 0.4) is 0 Å². The number of methoxy groups -OCH3 is 1. The standard InChI is InChI=1S/C8H13NO4/c1-13-8(6-10)2-3-9(5-8)4-7(11)12/h6H,2-5H2,1H3,(H,11,12). The highest BCUT2D eigenvalue weighted by atomic mass is 16.5. The van der Waals surface area contributed by atoms with Gasteiger partial charge in [-0.25, -0.2) is 0 Å². The first-order valence-electron chi connectivity index (χ1n) is 4.07. The first kappa shape index (κ1) is 10.1. The predicted molar refractivity (Wildman–Crippen MR) is 44.5 cm³/mol. The van der Waals surface area contributed by atoms with Crippen molar-refractivity contribution in [3.63, 3.8) is 0 Å². The van der Waals surface area contributed by atoms with E-state index < -0.39 is 11.6 Å². The molecule has 0 aromatic carbocycles. The number of hydrogen-bond acceptors (Lipinski definition) is 4. The van der Waals surface area contributed by atoms with Gasteiger partial charge in [-0.05, 0) is 6.42 Å². The van der Waals surface area contributed by atoms with Crippen molar-refractivity contribution in [1.82, 2.24) is 4.90 Å². The molecule has 0 spiro atoms. The lowest BCUT2D eigenvalue weighted by atomic mass is 10.1. The summed E-state index contributed by atoms with van der Waals surface area (Å²) in [6.07, 6.45) is 1.33. The van der Waals surface area contributed by atoms with Crippen molar-refractivity contribution in [1.29, 1.82) is 0 Å². The third kappa shape index (κ3) is 2.26. The minimum atomic E-state index is -0.877. The highest BCUT2D eigenvalue weighted by Gasteiger charge is 2.38. The number of aliphatic carboxylic acids is 1. The van der Waals surface area contributed by atoms with Gasteiger partial charge >= 0.3 is 5.97 Å². The Morgan fingerprint density at radius 3 is 2.85 bits per heavy atom. The van der Waals surface area contributed by atoms with Crippen LogP contribution in [-0.2, 0) is 14.3 Å². The summed E-state index contributed by atoms with van der Waals surface area (Å²) in [6.45, 7) is 0.942. The van der Waals surface area contributed by atoms with Crippen molar-refractivity contribution < 1.29 is 19.4 Å². The molecule has 1 saturated heterocycles. The van der Waals surface area contributed by atoms with Gasteiger partial charge in [0, 0.05) is 20.2 Å². The van der Waals surface area contributed by atoms with E-state index in [4.69, 9.17) is 9.84 Å². The van der Waals surface area contributed by atoms with Crippen molar-refractivity contribution in [2.24, 2.45) is 0 Å². The molecular weight excluding hydrogens is 174 g/mol. The van der Waals surface area contributed by atoms with E-state index in [9.17, 15) is 9.59 Å². The lowest BCUT2D eigenvalue weighted by Crippen LogP contribution is -2.38. The third-order valence-corrected chi connectivity index (χ3v) is 2.32. The molecule has 1 aliphatic heterocycles. The van der Waals surface area contributed by atoms with Crippen LogP contribution in [0.2, 0.25) is 0 Å². The van der Waals surface area contributed by atoms with Crippen LogP contribution in [0.4, 0.5) is 0 Å². The smallest absolute Gasteiger partial charge is 0.317 e. The summed E-state index contributed by atoms with van der Waals surface area (Å²) in [6, 6.07) is 0. The zero-order chi connectivity index (χ0) is 9.90. The number of ether oxygens (including phenoxy) is 1. The van der Waals surface area contributed by atoms with Gasteiger partial charge in [0.05, 0.1) is 6.54 Å².